The van der Waals surface area contributed by atoms with Gasteiger partial charge in [-0.05, 0) is 65.6 Å². The van der Waals surface area contributed by atoms with E-state index in [1.807, 2.05) is 80.6 Å². The van der Waals surface area contributed by atoms with Crippen LogP contribution in [0.15, 0.2) is 91.0 Å². The summed E-state index contributed by atoms with van der Waals surface area (Å²) in [6.07, 6.45) is -0.832. The Balaban J connectivity index is 1.29. The molecule has 0 aliphatic carbocycles. The minimum atomic E-state index is -0.817. The van der Waals surface area contributed by atoms with Crippen LogP contribution in [0, 0.1) is 0 Å². The fourth-order valence-corrected chi connectivity index (χ4v) is 6.76. The molecule has 266 valence electrons. The SMILES string of the molecule is COc1ccc(CNC(=O)N(C(C)C)N2CC(=O)N3[C@@H](Cc4ccc(OC(=O)N(C)C)cc4)C(=O)N(Cc4cccc5ccccc45)C[C@@H]32)cc1. The van der Waals surface area contributed by atoms with Gasteiger partial charge in [-0.2, -0.15) is 5.01 Å². The molecule has 2 aliphatic heterocycles. The van der Waals surface area contributed by atoms with E-state index in [0.717, 1.165) is 33.2 Å². The van der Waals surface area contributed by atoms with E-state index in [9.17, 15) is 19.2 Å². The van der Waals surface area contributed by atoms with Crippen molar-refractivity contribution in [2.45, 2.75) is 51.6 Å². The third-order valence-corrected chi connectivity index (χ3v) is 9.31. The van der Waals surface area contributed by atoms with Crippen LogP contribution in [0.5, 0.6) is 11.5 Å². The zero-order chi connectivity index (χ0) is 36.2. The quantitative estimate of drug-likeness (QED) is 0.252. The number of carbonyl (C=O) groups is 4. The number of nitrogens with zero attached hydrogens (tertiary/aromatic N) is 5. The third kappa shape index (κ3) is 7.60. The summed E-state index contributed by atoms with van der Waals surface area (Å²) in [5.41, 5.74) is 2.70. The Labute approximate surface area is 298 Å². The summed E-state index contributed by atoms with van der Waals surface area (Å²) in [6, 6.07) is 27.1. The first-order valence-corrected chi connectivity index (χ1v) is 17.0. The molecule has 0 aromatic heterocycles. The van der Waals surface area contributed by atoms with Gasteiger partial charge >= 0.3 is 12.1 Å². The second kappa shape index (κ2) is 15.1. The normalized spacial score (nSPS) is 17.5. The fraction of sp³-hybridized carbons (Fsp3) is 0.333. The maximum absolute atomic E-state index is 14.4. The Morgan fingerprint density at radius 2 is 1.55 bits per heavy atom. The number of hydrogen-bond acceptors (Lipinski definition) is 7. The smallest absolute Gasteiger partial charge is 0.414 e. The number of fused-ring (bicyclic) bond motifs is 2. The van der Waals surface area contributed by atoms with Gasteiger partial charge in [0.05, 0.1) is 20.2 Å². The molecule has 51 heavy (non-hydrogen) atoms. The van der Waals surface area contributed by atoms with Crippen LogP contribution >= 0.6 is 0 Å². The van der Waals surface area contributed by atoms with Crippen molar-refractivity contribution >= 4 is 34.7 Å². The molecule has 1 N–H and O–H groups in total. The third-order valence-electron chi connectivity index (χ3n) is 9.31. The Morgan fingerprint density at radius 1 is 0.882 bits per heavy atom. The van der Waals surface area contributed by atoms with Gasteiger partial charge in [0, 0.05) is 39.6 Å². The highest BCUT2D eigenvalue weighted by atomic mass is 16.6. The molecule has 2 heterocycles. The molecule has 0 spiro atoms. The lowest BCUT2D eigenvalue weighted by molar-refractivity contribution is -0.158. The Morgan fingerprint density at radius 3 is 2.24 bits per heavy atom. The molecule has 2 atom stereocenters. The summed E-state index contributed by atoms with van der Waals surface area (Å²) >= 11 is 0. The molecule has 12 heteroatoms. The lowest BCUT2D eigenvalue weighted by Crippen LogP contribution is -2.66. The van der Waals surface area contributed by atoms with Crippen LogP contribution in [-0.2, 0) is 29.1 Å². The summed E-state index contributed by atoms with van der Waals surface area (Å²) in [5.74, 6) is 0.702. The first-order chi connectivity index (χ1) is 24.5. The molecule has 12 nitrogen and oxygen atoms in total. The van der Waals surface area contributed by atoms with Crippen molar-refractivity contribution in [1.82, 2.24) is 30.0 Å². The van der Waals surface area contributed by atoms with Crippen molar-refractivity contribution in [3.8, 4) is 11.5 Å². The minimum absolute atomic E-state index is 0.0515. The molecule has 6 rings (SSSR count). The number of ether oxygens (including phenoxy) is 2. The topological polar surface area (TPSA) is 115 Å². The molecule has 4 aromatic carbocycles. The maximum atomic E-state index is 14.4. The van der Waals surface area contributed by atoms with Crippen LogP contribution in [0.4, 0.5) is 9.59 Å². The number of nitrogens with one attached hydrogen (secondary N) is 1. The molecule has 2 aliphatic rings. The van der Waals surface area contributed by atoms with Crippen molar-refractivity contribution < 1.29 is 28.7 Å². The van der Waals surface area contributed by atoms with Gasteiger partial charge in [-0.15, -0.1) is 0 Å². The summed E-state index contributed by atoms with van der Waals surface area (Å²) in [7, 11) is 4.81. The van der Waals surface area contributed by atoms with Gasteiger partial charge in [-0.1, -0.05) is 66.7 Å². The zero-order valence-electron chi connectivity index (χ0n) is 29.6. The van der Waals surface area contributed by atoms with Gasteiger partial charge in [0.15, 0.2) is 0 Å². The molecule has 2 fully saturated rings. The average Bonchev–Trinajstić information content (AvgIpc) is 3.44. The molecule has 0 saturated carbocycles. The number of carbonyl (C=O) groups excluding carboxylic acids is 4. The number of hydrogen-bond donors (Lipinski definition) is 1. The van der Waals surface area contributed by atoms with Gasteiger partial charge in [0.25, 0.3) is 0 Å². The number of benzene rings is 4. The van der Waals surface area contributed by atoms with E-state index in [2.05, 4.69) is 5.32 Å². The van der Waals surface area contributed by atoms with Gasteiger partial charge in [-0.3, -0.25) is 14.6 Å². The number of methoxy groups -OCH3 is 1. The van der Waals surface area contributed by atoms with Crippen LogP contribution in [0.1, 0.15) is 30.5 Å². The fourth-order valence-electron chi connectivity index (χ4n) is 6.76. The lowest BCUT2D eigenvalue weighted by atomic mass is 9.99. The Hall–Kier alpha value is -5.62. The van der Waals surface area contributed by atoms with E-state index < -0.39 is 18.3 Å². The monoisotopic (exact) mass is 692 g/mol. The molecule has 5 amide bonds. The second-order valence-electron chi connectivity index (χ2n) is 13.3. The van der Waals surface area contributed by atoms with Crippen molar-refractivity contribution in [2.75, 3.05) is 34.3 Å². The maximum Gasteiger partial charge on any atom is 0.414 e. The average molecular weight is 693 g/mol. The zero-order valence-corrected chi connectivity index (χ0v) is 29.6. The number of urea groups is 1. The first-order valence-electron chi connectivity index (χ1n) is 17.0. The molecule has 0 unspecified atom stereocenters. The van der Waals surface area contributed by atoms with Crippen molar-refractivity contribution in [2.24, 2.45) is 0 Å². The molecular weight excluding hydrogens is 648 g/mol. The minimum Gasteiger partial charge on any atom is -0.497 e. The van der Waals surface area contributed by atoms with Crippen LogP contribution < -0.4 is 14.8 Å². The highest BCUT2D eigenvalue weighted by molar-refractivity contribution is 5.92. The van der Waals surface area contributed by atoms with Crippen LogP contribution in [0.3, 0.4) is 0 Å². The second-order valence-corrected chi connectivity index (χ2v) is 13.3. The highest BCUT2D eigenvalue weighted by Gasteiger charge is 2.52. The van der Waals surface area contributed by atoms with E-state index in [1.165, 1.54) is 4.90 Å². The van der Waals surface area contributed by atoms with E-state index in [0.29, 0.717) is 12.3 Å². The lowest BCUT2D eigenvalue weighted by Gasteiger charge is -2.47. The highest BCUT2D eigenvalue weighted by Crippen LogP contribution is 2.32. The van der Waals surface area contributed by atoms with Gasteiger partial charge < -0.3 is 29.5 Å². The van der Waals surface area contributed by atoms with Gasteiger partial charge in [0.2, 0.25) is 11.8 Å². The number of rotatable bonds is 10. The van der Waals surface area contributed by atoms with Gasteiger partial charge in [-0.25, -0.2) is 9.59 Å². The van der Waals surface area contributed by atoms with E-state index >= 15 is 0 Å². The predicted octanol–water partition coefficient (Wildman–Crippen LogP) is 4.87. The van der Waals surface area contributed by atoms with Gasteiger partial charge in [0.1, 0.15) is 23.7 Å². The first kappa shape index (κ1) is 35.2. The molecule has 0 bridgehead atoms. The van der Waals surface area contributed by atoms with Crippen molar-refractivity contribution in [1.29, 1.82) is 0 Å². The molecule has 0 radical (unpaired) electrons. The van der Waals surface area contributed by atoms with E-state index in [-0.39, 0.29) is 49.9 Å². The van der Waals surface area contributed by atoms with Crippen molar-refractivity contribution in [3.63, 3.8) is 0 Å². The molecular formula is C39H44N6O6. The van der Waals surface area contributed by atoms with Crippen LogP contribution in [0.2, 0.25) is 0 Å². The Kier molecular flexibility index (Phi) is 10.4. The standard InChI is InChI=1S/C39H44N6O6/c1-26(2)45(38(48)40-22-28-15-17-31(50-5)18-16-28)43-25-36(46)44-34(21-27-13-19-32(20-14-27)51-39(49)41(3)4)37(47)42(24-35(43)44)23-30-11-8-10-29-9-6-7-12-33(29)30/h6-20,26,34-35H,21-25H2,1-5H3,(H,40,48)/t34-,35+/m0/s1. The van der Waals surface area contributed by atoms with Crippen molar-refractivity contribution in [3.05, 3.63) is 108 Å². The molecule has 4 aromatic rings. The summed E-state index contributed by atoms with van der Waals surface area (Å²) < 4.78 is 10.6. The summed E-state index contributed by atoms with van der Waals surface area (Å²) in [4.78, 5) is 59.1. The van der Waals surface area contributed by atoms with Crippen LogP contribution in [0.25, 0.3) is 10.8 Å². The van der Waals surface area contributed by atoms with E-state index in [1.54, 1.807) is 65.3 Å². The Bertz CT molecular complexity index is 1890. The number of piperazine rings is 1. The molecule has 2 saturated heterocycles. The summed E-state index contributed by atoms with van der Waals surface area (Å²) in [5, 5.41) is 8.54. The largest absolute Gasteiger partial charge is 0.497 e. The summed E-state index contributed by atoms with van der Waals surface area (Å²) in [6.45, 7) is 4.61. The number of hydrazine groups is 1. The van der Waals surface area contributed by atoms with E-state index in [4.69, 9.17) is 9.47 Å². The predicted molar refractivity (Wildman–Crippen MR) is 193 cm³/mol. The van der Waals surface area contributed by atoms with Crippen LogP contribution in [-0.4, -0.2) is 101 Å². The number of amides is 5.